The zero-order valence-electron chi connectivity index (χ0n) is 10.5. The smallest absolute Gasteiger partial charge is 0.335 e. The van der Waals surface area contributed by atoms with Crippen LogP contribution in [0.15, 0.2) is 30.3 Å². The SMILES string of the molecule is CCC(C)(OCCCc1ccccc1)C(=O)O. The molecule has 1 rings (SSSR count). The van der Waals surface area contributed by atoms with E-state index >= 15 is 0 Å². The molecule has 0 heterocycles. The van der Waals surface area contributed by atoms with Crippen molar-refractivity contribution in [3.63, 3.8) is 0 Å². The molecule has 0 aliphatic carbocycles. The van der Waals surface area contributed by atoms with E-state index in [0.717, 1.165) is 12.8 Å². The van der Waals surface area contributed by atoms with E-state index in [1.54, 1.807) is 6.92 Å². The summed E-state index contributed by atoms with van der Waals surface area (Å²) in [6, 6.07) is 10.1. The highest BCUT2D eigenvalue weighted by atomic mass is 16.5. The number of rotatable bonds is 7. The largest absolute Gasteiger partial charge is 0.479 e. The maximum Gasteiger partial charge on any atom is 0.335 e. The van der Waals surface area contributed by atoms with E-state index in [2.05, 4.69) is 12.1 Å². The summed E-state index contributed by atoms with van der Waals surface area (Å²) < 4.78 is 5.46. The zero-order valence-corrected chi connectivity index (χ0v) is 10.5. The van der Waals surface area contributed by atoms with Gasteiger partial charge in [0.05, 0.1) is 0 Å². The minimum absolute atomic E-state index is 0.478. The molecular formula is C14H20O3. The third-order valence-corrected chi connectivity index (χ3v) is 3.00. The molecule has 0 radical (unpaired) electrons. The first-order chi connectivity index (χ1) is 8.08. The second kappa shape index (κ2) is 6.40. The van der Waals surface area contributed by atoms with Crippen molar-refractivity contribution in [2.24, 2.45) is 0 Å². The fraction of sp³-hybridized carbons (Fsp3) is 0.500. The van der Waals surface area contributed by atoms with Gasteiger partial charge in [-0.3, -0.25) is 0 Å². The zero-order chi connectivity index (χ0) is 12.7. The standard InChI is InChI=1S/C14H20O3/c1-3-14(2,13(15)16)17-11-7-10-12-8-5-4-6-9-12/h4-6,8-9H,3,7,10-11H2,1-2H3,(H,15,16). The van der Waals surface area contributed by atoms with Crippen LogP contribution >= 0.6 is 0 Å². The Hall–Kier alpha value is -1.35. The normalized spacial score (nSPS) is 14.2. The van der Waals surface area contributed by atoms with Gasteiger partial charge in [-0.2, -0.15) is 0 Å². The van der Waals surface area contributed by atoms with Crippen LogP contribution in [0.25, 0.3) is 0 Å². The average Bonchev–Trinajstić information content (AvgIpc) is 2.35. The quantitative estimate of drug-likeness (QED) is 0.740. The van der Waals surface area contributed by atoms with Crippen molar-refractivity contribution < 1.29 is 14.6 Å². The highest BCUT2D eigenvalue weighted by Gasteiger charge is 2.31. The predicted octanol–water partition coefficient (Wildman–Crippen LogP) is 2.89. The van der Waals surface area contributed by atoms with Crippen LogP contribution in [0.1, 0.15) is 32.3 Å². The Morgan fingerprint density at radius 2 is 2.00 bits per heavy atom. The Kier molecular flexibility index (Phi) is 5.16. The number of carboxylic acids is 1. The monoisotopic (exact) mass is 236 g/mol. The summed E-state index contributed by atoms with van der Waals surface area (Å²) in [5, 5.41) is 9.02. The lowest BCUT2D eigenvalue weighted by Gasteiger charge is -2.23. The van der Waals surface area contributed by atoms with Crippen molar-refractivity contribution in [3.8, 4) is 0 Å². The van der Waals surface area contributed by atoms with E-state index in [1.807, 2.05) is 25.1 Å². The lowest BCUT2D eigenvalue weighted by atomic mass is 10.0. The number of aryl methyl sites for hydroxylation is 1. The number of aliphatic carboxylic acids is 1. The minimum Gasteiger partial charge on any atom is -0.479 e. The first-order valence-corrected chi connectivity index (χ1v) is 6.00. The number of carbonyl (C=O) groups is 1. The van der Waals surface area contributed by atoms with E-state index in [4.69, 9.17) is 9.84 Å². The van der Waals surface area contributed by atoms with Gasteiger partial charge < -0.3 is 9.84 Å². The number of carboxylic acid groups (broad SMARTS) is 1. The number of benzene rings is 1. The van der Waals surface area contributed by atoms with Gasteiger partial charge in [-0.15, -0.1) is 0 Å². The predicted molar refractivity (Wildman–Crippen MR) is 67.0 cm³/mol. The van der Waals surface area contributed by atoms with Crippen molar-refractivity contribution in [2.45, 2.75) is 38.7 Å². The van der Waals surface area contributed by atoms with Crippen molar-refractivity contribution in [1.82, 2.24) is 0 Å². The number of hydrogen-bond acceptors (Lipinski definition) is 2. The minimum atomic E-state index is -1.04. The first-order valence-electron chi connectivity index (χ1n) is 6.00. The van der Waals surface area contributed by atoms with E-state index < -0.39 is 11.6 Å². The van der Waals surface area contributed by atoms with Gasteiger partial charge in [0.25, 0.3) is 0 Å². The molecule has 0 fully saturated rings. The molecular weight excluding hydrogens is 216 g/mol. The van der Waals surface area contributed by atoms with E-state index in [-0.39, 0.29) is 0 Å². The number of hydrogen-bond donors (Lipinski definition) is 1. The third-order valence-electron chi connectivity index (χ3n) is 3.00. The highest BCUT2D eigenvalue weighted by Crippen LogP contribution is 2.16. The van der Waals surface area contributed by atoms with Crippen LogP contribution in [0.4, 0.5) is 0 Å². The van der Waals surface area contributed by atoms with E-state index in [1.165, 1.54) is 5.56 Å². The Bertz CT molecular complexity index is 348. The Morgan fingerprint density at radius 1 is 1.35 bits per heavy atom. The summed E-state index contributed by atoms with van der Waals surface area (Å²) in [5.74, 6) is -0.889. The van der Waals surface area contributed by atoms with Crippen LogP contribution in [-0.2, 0) is 16.0 Å². The topological polar surface area (TPSA) is 46.5 Å². The molecule has 1 N–H and O–H groups in total. The van der Waals surface area contributed by atoms with E-state index in [0.29, 0.717) is 13.0 Å². The molecule has 3 heteroatoms. The molecule has 1 atom stereocenters. The molecule has 0 saturated carbocycles. The second-order valence-corrected chi connectivity index (χ2v) is 4.33. The number of ether oxygens (including phenoxy) is 1. The maximum absolute atomic E-state index is 11.0. The van der Waals surface area contributed by atoms with Crippen molar-refractivity contribution >= 4 is 5.97 Å². The van der Waals surface area contributed by atoms with Gasteiger partial charge in [-0.1, -0.05) is 37.3 Å². The van der Waals surface area contributed by atoms with Gasteiger partial charge >= 0.3 is 5.97 Å². The van der Waals surface area contributed by atoms with Gasteiger partial charge in [0.1, 0.15) is 0 Å². The third kappa shape index (κ3) is 4.19. The summed E-state index contributed by atoms with van der Waals surface area (Å²) >= 11 is 0. The fourth-order valence-electron chi connectivity index (χ4n) is 1.53. The van der Waals surface area contributed by atoms with Gasteiger partial charge in [-0.05, 0) is 31.7 Å². The molecule has 0 aliphatic rings. The molecule has 94 valence electrons. The lowest BCUT2D eigenvalue weighted by Crippen LogP contribution is -2.37. The molecule has 0 spiro atoms. The molecule has 1 unspecified atom stereocenters. The average molecular weight is 236 g/mol. The van der Waals surface area contributed by atoms with Crippen molar-refractivity contribution in [3.05, 3.63) is 35.9 Å². The van der Waals surface area contributed by atoms with Crippen LogP contribution in [0.3, 0.4) is 0 Å². The van der Waals surface area contributed by atoms with Crippen LogP contribution in [0.2, 0.25) is 0 Å². The van der Waals surface area contributed by atoms with Crippen LogP contribution < -0.4 is 0 Å². The van der Waals surface area contributed by atoms with Gasteiger partial charge in [0.15, 0.2) is 5.60 Å². The first kappa shape index (κ1) is 13.7. The van der Waals surface area contributed by atoms with Gasteiger partial charge in [-0.25, -0.2) is 4.79 Å². The summed E-state index contributed by atoms with van der Waals surface area (Å²) in [5.41, 5.74) is 0.209. The van der Waals surface area contributed by atoms with E-state index in [9.17, 15) is 4.79 Å². The maximum atomic E-state index is 11.0. The second-order valence-electron chi connectivity index (χ2n) is 4.33. The van der Waals surface area contributed by atoms with Crippen LogP contribution in [0.5, 0.6) is 0 Å². The molecule has 17 heavy (non-hydrogen) atoms. The molecule has 0 amide bonds. The Morgan fingerprint density at radius 3 is 2.53 bits per heavy atom. The summed E-state index contributed by atoms with van der Waals surface area (Å²) in [7, 11) is 0. The molecule has 1 aromatic rings. The Labute approximate surface area is 102 Å². The molecule has 3 nitrogen and oxygen atoms in total. The highest BCUT2D eigenvalue weighted by molar-refractivity contribution is 5.76. The van der Waals surface area contributed by atoms with Crippen molar-refractivity contribution in [2.75, 3.05) is 6.61 Å². The van der Waals surface area contributed by atoms with Gasteiger partial charge in [0.2, 0.25) is 0 Å². The molecule has 1 aromatic carbocycles. The summed E-state index contributed by atoms with van der Waals surface area (Å²) in [4.78, 5) is 11.0. The molecule has 0 aromatic heterocycles. The summed E-state index contributed by atoms with van der Waals surface area (Å²) in [6.07, 6.45) is 2.24. The fourth-order valence-corrected chi connectivity index (χ4v) is 1.53. The molecule has 0 bridgehead atoms. The van der Waals surface area contributed by atoms with Crippen LogP contribution in [0, 0.1) is 0 Å². The van der Waals surface area contributed by atoms with Gasteiger partial charge in [0, 0.05) is 6.61 Å². The lowest BCUT2D eigenvalue weighted by molar-refractivity contribution is -0.164. The van der Waals surface area contributed by atoms with Crippen molar-refractivity contribution in [1.29, 1.82) is 0 Å². The summed E-state index contributed by atoms with van der Waals surface area (Å²) in [6.45, 7) is 3.93. The van der Waals surface area contributed by atoms with Crippen LogP contribution in [-0.4, -0.2) is 23.3 Å². The molecule has 0 saturated heterocycles. The Balaban J connectivity index is 2.31. The molecule has 0 aliphatic heterocycles.